The van der Waals surface area contributed by atoms with Gasteiger partial charge < -0.3 is 14.7 Å². The molecule has 1 saturated heterocycles. The SMILES string of the molecule is COc1cc(-c2ccccc2)sc1C(=O)N1CCC(CC(=O)O)CC1. The van der Waals surface area contributed by atoms with Crippen molar-refractivity contribution in [2.75, 3.05) is 20.2 Å². The van der Waals surface area contributed by atoms with E-state index in [2.05, 4.69) is 0 Å². The summed E-state index contributed by atoms with van der Waals surface area (Å²) in [6, 6.07) is 11.8. The lowest BCUT2D eigenvalue weighted by Gasteiger charge is -2.31. The topological polar surface area (TPSA) is 66.8 Å². The number of ether oxygens (including phenoxy) is 1. The predicted molar refractivity (Wildman–Crippen MR) is 97.2 cm³/mol. The molecular formula is C19H21NO4S. The molecule has 0 spiro atoms. The van der Waals surface area contributed by atoms with E-state index in [1.807, 2.05) is 41.3 Å². The van der Waals surface area contributed by atoms with E-state index in [0.29, 0.717) is 23.7 Å². The number of piperidine rings is 1. The highest BCUT2D eigenvalue weighted by atomic mass is 32.1. The zero-order valence-corrected chi connectivity index (χ0v) is 14.9. The second kappa shape index (κ2) is 7.70. The van der Waals surface area contributed by atoms with Gasteiger partial charge in [0, 0.05) is 24.4 Å². The smallest absolute Gasteiger partial charge is 0.303 e. The van der Waals surface area contributed by atoms with Crippen LogP contribution in [0.3, 0.4) is 0 Å². The summed E-state index contributed by atoms with van der Waals surface area (Å²) in [5.41, 5.74) is 1.06. The summed E-state index contributed by atoms with van der Waals surface area (Å²) in [6.45, 7) is 1.19. The Morgan fingerprint density at radius 2 is 1.92 bits per heavy atom. The molecule has 25 heavy (non-hydrogen) atoms. The average Bonchev–Trinajstić information content (AvgIpc) is 3.06. The molecule has 3 rings (SSSR count). The highest BCUT2D eigenvalue weighted by molar-refractivity contribution is 7.17. The zero-order chi connectivity index (χ0) is 17.8. The summed E-state index contributed by atoms with van der Waals surface area (Å²) in [7, 11) is 1.58. The van der Waals surface area contributed by atoms with Gasteiger partial charge >= 0.3 is 5.97 Å². The maximum absolute atomic E-state index is 12.9. The number of carboxylic acids is 1. The van der Waals surface area contributed by atoms with Crippen molar-refractivity contribution in [1.29, 1.82) is 0 Å². The third kappa shape index (κ3) is 4.02. The minimum Gasteiger partial charge on any atom is -0.495 e. The molecule has 0 atom stereocenters. The van der Waals surface area contributed by atoms with Crippen molar-refractivity contribution in [3.05, 3.63) is 41.3 Å². The van der Waals surface area contributed by atoms with Crippen LogP contribution in [-0.4, -0.2) is 42.1 Å². The van der Waals surface area contributed by atoms with E-state index in [1.165, 1.54) is 11.3 Å². The van der Waals surface area contributed by atoms with Gasteiger partial charge in [0.25, 0.3) is 5.91 Å². The molecule has 1 aliphatic heterocycles. The lowest BCUT2D eigenvalue weighted by Crippen LogP contribution is -2.38. The van der Waals surface area contributed by atoms with Crippen LogP contribution in [0.25, 0.3) is 10.4 Å². The molecule has 1 aromatic carbocycles. The molecule has 6 heteroatoms. The number of likely N-dealkylation sites (tertiary alicyclic amines) is 1. The van der Waals surface area contributed by atoms with Crippen LogP contribution in [0.1, 0.15) is 28.9 Å². The lowest BCUT2D eigenvalue weighted by atomic mass is 9.93. The summed E-state index contributed by atoms with van der Waals surface area (Å²) < 4.78 is 5.42. The van der Waals surface area contributed by atoms with Crippen molar-refractivity contribution >= 4 is 23.2 Å². The molecule has 1 amide bonds. The number of rotatable bonds is 5. The first-order chi connectivity index (χ1) is 12.1. The normalized spacial score (nSPS) is 15.2. The van der Waals surface area contributed by atoms with Crippen LogP contribution in [0.4, 0.5) is 0 Å². The highest BCUT2D eigenvalue weighted by Gasteiger charge is 2.28. The third-order valence-corrected chi connectivity index (χ3v) is 5.69. The number of carbonyl (C=O) groups excluding carboxylic acids is 1. The van der Waals surface area contributed by atoms with Crippen LogP contribution in [0.2, 0.25) is 0 Å². The van der Waals surface area contributed by atoms with Crippen LogP contribution in [0.5, 0.6) is 5.75 Å². The molecule has 5 nitrogen and oxygen atoms in total. The largest absolute Gasteiger partial charge is 0.495 e. The van der Waals surface area contributed by atoms with E-state index in [9.17, 15) is 9.59 Å². The molecule has 0 saturated carbocycles. The van der Waals surface area contributed by atoms with Crippen molar-refractivity contribution in [3.63, 3.8) is 0 Å². The molecule has 2 heterocycles. The summed E-state index contributed by atoms with van der Waals surface area (Å²) >= 11 is 1.44. The van der Waals surface area contributed by atoms with Gasteiger partial charge in [-0.2, -0.15) is 0 Å². The van der Waals surface area contributed by atoms with Gasteiger partial charge in [-0.05, 0) is 30.4 Å². The van der Waals surface area contributed by atoms with Crippen molar-refractivity contribution in [1.82, 2.24) is 4.90 Å². The van der Waals surface area contributed by atoms with Gasteiger partial charge in [0.2, 0.25) is 0 Å². The fourth-order valence-corrected chi connectivity index (χ4v) is 4.25. The summed E-state index contributed by atoms with van der Waals surface area (Å²) in [5.74, 6) is -0.0387. The van der Waals surface area contributed by atoms with E-state index in [4.69, 9.17) is 9.84 Å². The molecule has 1 fully saturated rings. The molecule has 0 bridgehead atoms. The molecule has 2 aromatic rings. The van der Waals surface area contributed by atoms with Crippen LogP contribution >= 0.6 is 11.3 Å². The molecule has 0 radical (unpaired) electrons. The van der Waals surface area contributed by atoms with Crippen LogP contribution < -0.4 is 4.74 Å². The Labute approximate surface area is 150 Å². The van der Waals surface area contributed by atoms with Crippen molar-refractivity contribution in [2.45, 2.75) is 19.3 Å². The monoisotopic (exact) mass is 359 g/mol. The lowest BCUT2D eigenvalue weighted by molar-refractivity contribution is -0.138. The molecule has 132 valence electrons. The number of aliphatic carboxylic acids is 1. The number of thiophene rings is 1. The number of carboxylic acid groups (broad SMARTS) is 1. The minimum atomic E-state index is -0.766. The van der Waals surface area contributed by atoms with E-state index in [1.54, 1.807) is 7.11 Å². The van der Waals surface area contributed by atoms with Gasteiger partial charge in [-0.1, -0.05) is 30.3 Å². The number of methoxy groups -OCH3 is 1. The van der Waals surface area contributed by atoms with Crippen LogP contribution in [0.15, 0.2) is 36.4 Å². The van der Waals surface area contributed by atoms with Gasteiger partial charge in [-0.25, -0.2) is 0 Å². The first kappa shape index (κ1) is 17.5. The third-order valence-electron chi connectivity index (χ3n) is 4.54. The zero-order valence-electron chi connectivity index (χ0n) is 14.1. The molecule has 1 N–H and O–H groups in total. The van der Waals surface area contributed by atoms with Crippen molar-refractivity contribution in [2.24, 2.45) is 5.92 Å². The first-order valence-corrected chi connectivity index (χ1v) is 9.14. The van der Waals surface area contributed by atoms with E-state index >= 15 is 0 Å². The Morgan fingerprint density at radius 3 is 2.52 bits per heavy atom. The quantitative estimate of drug-likeness (QED) is 0.883. The number of hydrogen-bond donors (Lipinski definition) is 1. The number of amides is 1. The second-order valence-electron chi connectivity index (χ2n) is 6.21. The Kier molecular flexibility index (Phi) is 5.38. The minimum absolute atomic E-state index is 0.0298. The van der Waals surface area contributed by atoms with Crippen molar-refractivity contribution in [3.8, 4) is 16.2 Å². The Morgan fingerprint density at radius 1 is 1.24 bits per heavy atom. The van der Waals surface area contributed by atoms with Gasteiger partial charge in [-0.15, -0.1) is 11.3 Å². The van der Waals surface area contributed by atoms with Crippen molar-refractivity contribution < 1.29 is 19.4 Å². The van der Waals surface area contributed by atoms with Gasteiger partial charge in [0.1, 0.15) is 10.6 Å². The predicted octanol–water partition coefficient (Wildman–Crippen LogP) is 3.75. The molecule has 0 aliphatic carbocycles. The molecule has 1 aliphatic rings. The molecule has 1 aromatic heterocycles. The fraction of sp³-hybridized carbons (Fsp3) is 0.368. The molecule has 0 unspecified atom stereocenters. The fourth-order valence-electron chi connectivity index (χ4n) is 3.15. The number of hydrogen-bond acceptors (Lipinski definition) is 4. The van der Waals surface area contributed by atoms with E-state index in [-0.39, 0.29) is 18.2 Å². The van der Waals surface area contributed by atoms with E-state index in [0.717, 1.165) is 23.3 Å². The van der Waals surface area contributed by atoms with E-state index < -0.39 is 5.97 Å². The second-order valence-corrected chi connectivity index (χ2v) is 7.26. The summed E-state index contributed by atoms with van der Waals surface area (Å²) in [6.07, 6.45) is 1.65. The summed E-state index contributed by atoms with van der Waals surface area (Å²) in [5, 5.41) is 8.90. The van der Waals surface area contributed by atoms with Crippen LogP contribution in [0, 0.1) is 5.92 Å². The standard InChI is InChI=1S/C19H21NO4S/c1-24-15-12-16(14-5-3-2-4-6-14)25-18(15)19(23)20-9-7-13(8-10-20)11-17(21)22/h2-6,12-13H,7-11H2,1H3,(H,21,22). The first-order valence-electron chi connectivity index (χ1n) is 8.32. The Hall–Kier alpha value is -2.34. The summed E-state index contributed by atoms with van der Waals surface area (Å²) in [4.78, 5) is 27.1. The van der Waals surface area contributed by atoms with Gasteiger partial charge in [-0.3, -0.25) is 9.59 Å². The maximum atomic E-state index is 12.9. The number of benzene rings is 1. The Bertz CT molecular complexity index is 748. The number of nitrogens with zero attached hydrogens (tertiary/aromatic N) is 1. The highest BCUT2D eigenvalue weighted by Crippen LogP contribution is 2.37. The van der Waals surface area contributed by atoms with Gasteiger partial charge in [0.05, 0.1) is 7.11 Å². The van der Waals surface area contributed by atoms with Crippen LogP contribution in [-0.2, 0) is 4.79 Å². The maximum Gasteiger partial charge on any atom is 0.303 e. The number of carbonyl (C=O) groups is 2. The Balaban J connectivity index is 1.74. The molecular weight excluding hydrogens is 338 g/mol. The average molecular weight is 359 g/mol. The van der Waals surface area contributed by atoms with Gasteiger partial charge in [0.15, 0.2) is 0 Å².